The molecule has 0 radical (unpaired) electrons. The number of likely N-dealkylation sites (N-methyl/N-ethyl adjacent to an activating group) is 1. The maximum atomic E-state index is 12.7. The summed E-state index contributed by atoms with van der Waals surface area (Å²) in [6, 6.07) is 12.6. The first-order valence-electron chi connectivity index (χ1n) is 7.82. The number of nitrogens with zero attached hydrogens (tertiary/aromatic N) is 3. The van der Waals surface area contributed by atoms with E-state index in [4.69, 9.17) is 11.6 Å². The van der Waals surface area contributed by atoms with Gasteiger partial charge in [-0.25, -0.2) is 10.1 Å². The van der Waals surface area contributed by atoms with E-state index >= 15 is 0 Å². The molecular weight excluding hydrogens is 372 g/mol. The molecule has 0 aliphatic heterocycles. The number of carbonyl (C=O) groups is 1. The summed E-state index contributed by atoms with van der Waals surface area (Å²) >= 11 is 7.55. The summed E-state index contributed by atoms with van der Waals surface area (Å²) < 4.78 is 0.844. The van der Waals surface area contributed by atoms with Crippen LogP contribution in [0.2, 0.25) is 5.02 Å². The highest BCUT2D eigenvalue weighted by Gasteiger charge is 2.19. The molecule has 0 unspecified atom stereocenters. The quantitative estimate of drug-likeness (QED) is 0.587. The maximum Gasteiger partial charge on any atom is 0.272 e. The summed E-state index contributed by atoms with van der Waals surface area (Å²) in [5.41, 5.74) is 1.01. The smallest absolute Gasteiger partial charge is 0.272 e. The van der Waals surface area contributed by atoms with E-state index in [-0.39, 0.29) is 17.9 Å². The number of rotatable bonds is 3. The molecule has 1 N–H and O–H groups in total. The molecule has 2 aromatic heterocycles. The lowest BCUT2D eigenvalue weighted by Gasteiger charge is -2.13. The molecular formula is C18H13ClN4O2S. The van der Waals surface area contributed by atoms with E-state index in [1.54, 1.807) is 31.3 Å². The highest BCUT2D eigenvalue weighted by Crippen LogP contribution is 2.33. The van der Waals surface area contributed by atoms with Gasteiger partial charge in [0.2, 0.25) is 5.91 Å². The van der Waals surface area contributed by atoms with Gasteiger partial charge in [0.25, 0.3) is 5.56 Å². The van der Waals surface area contributed by atoms with Gasteiger partial charge in [-0.05, 0) is 18.2 Å². The lowest BCUT2D eigenvalue weighted by molar-refractivity contribution is -0.117. The number of carbonyl (C=O) groups excluding carboxylic acids is 1. The molecule has 4 rings (SSSR count). The first-order chi connectivity index (χ1) is 12.5. The lowest BCUT2D eigenvalue weighted by atomic mass is 10.1. The van der Waals surface area contributed by atoms with Gasteiger partial charge in [0, 0.05) is 12.4 Å². The number of hydrogen-bond acceptors (Lipinski definition) is 5. The average molecular weight is 385 g/mol. The molecule has 0 aliphatic carbocycles. The van der Waals surface area contributed by atoms with Crippen molar-refractivity contribution in [3.8, 4) is 0 Å². The SMILES string of the molecule is CN(C(=O)Cc1n[nH]c(=O)c2ccccc12)c1nc2cccc(Cl)c2s1. The molecule has 0 saturated heterocycles. The van der Waals surface area contributed by atoms with Crippen molar-refractivity contribution in [2.24, 2.45) is 0 Å². The number of halogens is 1. The standard InChI is InChI=1S/C18H13ClN4O2S/c1-23(18-20-13-8-4-7-12(19)16(13)26-18)15(24)9-14-10-5-2-3-6-11(10)17(25)22-21-14/h2-8H,9H2,1H3,(H,22,25). The van der Waals surface area contributed by atoms with Gasteiger partial charge in [-0.3, -0.25) is 14.5 Å². The van der Waals surface area contributed by atoms with Crippen LogP contribution in [0.5, 0.6) is 0 Å². The monoisotopic (exact) mass is 384 g/mol. The number of amides is 1. The number of H-pyrrole nitrogens is 1. The Morgan fingerprint density at radius 1 is 1.19 bits per heavy atom. The second-order valence-electron chi connectivity index (χ2n) is 5.76. The first-order valence-corrected chi connectivity index (χ1v) is 9.02. The molecule has 0 aliphatic rings. The van der Waals surface area contributed by atoms with Gasteiger partial charge in [-0.2, -0.15) is 5.10 Å². The van der Waals surface area contributed by atoms with Gasteiger partial charge in [0.1, 0.15) is 0 Å². The fourth-order valence-electron chi connectivity index (χ4n) is 2.72. The predicted molar refractivity (Wildman–Crippen MR) is 104 cm³/mol. The lowest BCUT2D eigenvalue weighted by Crippen LogP contribution is -2.28. The van der Waals surface area contributed by atoms with Crippen molar-refractivity contribution in [2.75, 3.05) is 11.9 Å². The van der Waals surface area contributed by atoms with Gasteiger partial charge in [0.05, 0.1) is 32.7 Å². The Labute approximate surface area is 157 Å². The Morgan fingerprint density at radius 2 is 1.96 bits per heavy atom. The van der Waals surface area contributed by atoms with Crippen LogP contribution in [0.25, 0.3) is 21.0 Å². The van der Waals surface area contributed by atoms with Crippen LogP contribution >= 0.6 is 22.9 Å². The van der Waals surface area contributed by atoms with Crippen molar-refractivity contribution in [3.05, 3.63) is 63.5 Å². The van der Waals surface area contributed by atoms with Crippen LogP contribution in [0.15, 0.2) is 47.3 Å². The Morgan fingerprint density at radius 3 is 2.73 bits per heavy atom. The van der Waals surface area contributed by atoms with E-state index in [1.807, 2.05) is 18.2 Å². The average Bonchev–Trinajstić information content (AvgIpc) is 3.09. The molecule has 26 heavy (non-hydrogen) atoms. The molecule has 0 bridgehead atoms. The molecule has 0 spiro atoms. The van der Waals surface area contributed by atoms with Crippen LogP contribution in [0.3, 0.4) is 0 Å². The molecule has 0 atom stereocenters. The number of aromatic amines is 1. The van der Waals surface area contributed by atoms with E-state index in [0.29, 0.717) is 26.6 Å². The third-order valence-electron chi connectivity index (χ3n) is 4.11. The van der Waals surface area contributed by atoms with Crippen LogP contribution in [0.1, 0.15) is 5.69 Å². The van der Waals surface area contributed by atoms with E-state index in [9.17, 15) is 9.59 Å². The van der Waals surface area contributed by atoms with Gasteiger partial charge in [-0.15, -0.1) is 0 Å². The Bertz CT molecular complexity index is 1200. The zero-order valence-electron chi connectivity index (χ0n) is 13.7. The van der Waals surface area contributed by atoms with Crippen molar-refractivity contribution >= 4 is 55.0 Å². The number of hydrogen-bond donors (Lipinski definition) is 1. The summed E-state index contributed by atoms with van der Waals surface area (Å²) in [6.45, 7) is 0. The molecule has 2 aromatic carbocycles. The molecule has 1 amide bonds. The van der Waals surface area contributed by atoms with Crippen LogP contribution in [0, 0.1) is 0 Å². The molecule has 6 nitrogen and oxygen atoms in total. The third-order valence-corrected chi connectivity index (χ3v) is 5.72. The molecule has 4 aromatic rings. The number of benzene rings is 2. The van der Waals surface area contributed by atoms with Crippen molar-refractivity contribution in [2.45, 2.75) is 6.42 Å². The maximum absolute atomic E-state index is 12.7. The van der Waals surface area contributed by atoms with Crippen LogP contribution < -0.4 is 10.5 Å². The number of anilines is 1. The zero-order valence-corrected chi connectivity index (χ0v) is 15.3. The number of aromatic nitrogens is 3. The zero-order chi connectivity index (χ0) is 18.3. The highest BCUT2D eigenvalue weighted by molar-refractivity contribution is 7.23. The summed E-state index contributed by atoms with van der Waals surface area (Å²) in [4.78, 5) is 30.6. The minimum absolute atomic E-state index is 0.0530. The summed E-state index contributed by atoms with van der Waals surface area (Å²) in [7, 11) is 1.67. The Hall–Kier alpha value is -2.77. The van der Waals surface area contributed by atoms with Gasteiger partial charge in [0.15, 0.2) is 5.13 Å². The molecule has 0 fully saturated rings. The minimum atomic E-state index is -0.272. The molecule has 2 heterocycles. The highest BCUT2D eigenvalue weighted by atomic mass is 35.5. The van der Waals surface area contributed by atoms with E-state index in [0.717, 1.165) is 10.2 Å². The Balaban J connectivity index is 1.66. The van der Waals surface area contributed by atoms with Crippen molar-refractivity contribution in [1.29, 1.82) is 0 Å². The van der Waals surface area contributed by atoms with Gasteiger partial charge >= 0.3 is 0 Å². The second-order valence-corrected chi connectivity index (χ2v) is 7.14. The van der Waals surface area contributed by atoms with Gasteiger partial charge in [-0.1, -0.05) is 47.2 Å². The molecule has 8 heteroatoms. The van der Waals surface area contributed by atoms with Crippen molar-refractivity contribution < 1.29 is 4.79 Å². The summed E-state index contributed by atoms with van der Waals surface area (Å²) in [6.07, 6.45) is 0.0530. The van der Waals surface area contributed by atoms with Crippen LogP contribution in [-0.4, -0.2) is 28.1 Å². The van der Waals surface area contributed by atoms with Crippen molar-refractivity contribution in [3.63, 3.8) is 0 Å². The van der Waals surface area contributed by atoms with Crippen LogP contribution in [0.4, 0.5) is 5.13 Å². The topological polar surface area (TPSA) is 79.0 Å². The Kier molecular flexibility index (Phi) is 4.18. The second kappa shape index (κ2) is 6.51. The fraction of sp³-hybridized carbons (Fsp3) is 0.111. The van der Waals surface area contributed by atoms with Gasteiger partial charge < -0.3 is 0 Å². The third kappa shape index (κ3) is 2.85. The van der Waals surface area contributed by atoms with E-state index < -0.39 is 0 Å². The largest absolute Gasteiger partial charge is 0.291 e. The minimum Gasteiger partial charge on any atom is -0.291 e. The molecule has 130 valence electrons. The van der Waals surface area contributed by atoms with Crippen molar-refractivity contribution in [1.82, 2.24) is 15.2 Å². The number of thiazole rings is 1. The summed E-state index contributed by atoms with van der Waals surface area (Å²) in [5, 5.41) is 8.86. The number of nitrogens with one attached hydrogen (secondary N) is 1. The van der Waals surface area contributed by atoms with E-state index in [2.05, 4.69) is 15.2 Å². The normalized spacial score (nSPS) is 11.2. The molecule has 0 saturated carbocycles. The fourth-order valence-corrected chi connectivity index (χ4v) is 3.96. The number of fused-ring (bicyclic) bond motifs is 2. The van der Waals surface area contributed by atoms with E-state index in [1.165, 1.54) is 16.2 Å². The predicted octanol–water partition coefficient (Wildman–Crippen LogP) is 3.39. The summed E-state index contributed by atoms with van der Waals surface area (Å²) in [5.74, 6) is -0.176. The van der Waals surface area contributed by atoms with Crippen LogP contribution in [-0.2, 0) is 11.2 Å². The first kappa shape index (κ1) is 16.7.